The molecule has 0 bridgehead atoms. The maximum atomic E-state index is 10.6. The lowest BCUT2D eigenvalue weighted by Gasteiger charge is -2.30. The van der Waals surface area contributed by atoms with E-state index < -0.39 is 0 Å². The van der Waals surface area contributed by atoms with Gasteiger partial charge in [-0.2, -0.15) is 0 Å². The summed E-state index contributed by atoms with van der Waals surface area (Å²) in [4.78, 5) is 0. The molecule has 0 spiro atoms. The minimum absolute atomic E-state index is 0.0349. The van der Waals surface area contributed by atoms with Gasteiger partial charge in [0.1, 0.15) is 31.7 Å². The zero-order chi connectivity index (χ0) is 19.8. The van der Waals surface area contributed by atoms with E-state index in [0.29, 0.717) is 49.2 Å². The zero-order valence-corrected chi connectivity index (χ0v) is 16.4. The number of rotatable bonds is 4. The highest BCUT2D eigenvalue weighted by Gasteiger charge is 2.28. The van der Waals surface area contributed by atoms with Crippen molar-refractivity contribution in [1.29, 1.82) is 0 Å². The van der Waals surface area contributed by atoms with Crippen LogP contribution >= 0.6 is 0 Å². The quantitative estimate of drug-likeness (QED) is 0.815. The predicted octanol–water partition coefficient (Wildman–Crippen LogP) is 4.33. The minimum Gasteiger partial charge on any atom is -0.508 e. The first kappa shape index (κ1) is 18.6. The standard InChI is InChI=1S/C22H26O6/c1-12(2)16-9-20-19(10-17(16)23)27-11-14(28-20)8-13(3)15-4-5-18-22(21(15)24)26-7-6-25-18/h4-5,9-10,12-14,23-24H,6-8,11H2,1-3H3. The summed E-state index contributed by atoms with van der Waals surface area (Å²) in [5, 5.41) is 20.8. The van der Waals surface area contributed by atoms with Gasteiger partial charge in [0.15, 0.2) is 23.0 Å². The summed E-state index contributed by atoms with van der Waals surface area (Å²) in [5.41, 5.74) is 1.63. The first-order chi connectivity index (χ1) is 13.4. The normalized spacial score (nSPS) is 18.8. The molecule has 2 aliphatic heterocycles. The second-order valence-corrected chi connectivity index (χ2v) is 7.73. The average molecular weight is 386 g/mol. The Kier molecular flexibility index (Phi) is 4.87. The molecule has 2 unspecified atom stereocenters. The van der Waals surface area contributed by atoms with Gasteiger partial charge in [0, 0.05) is 17.2 Å². The van der Waals surface area contributed by atoms with Crippen LogP contribution in [0.25, 0.3) is 0 Å². The molecule has 2 aromatic carbocycles. The van der Waals surface area contributed by atoms with Gasteiger partial charge in [0.2, 0.25) is 5.75 Å². The van der Waals surface area contributed by atoms with Crippen molar-refractivity contribution in [3.8, 4) is 34.5 Å². The van der Waals surface area contributed by atoms with Gasteiger partial charge in [-0.3, -0.25) is 0 Å². The van der Waals surface area contributed by atoms with Crippen molar-refractivity contribution in [2.45, 2.75) is 45.1 Å². The summed E-state index contributed by atoms with van der Waals surface area (Å²) in [6, 6.07) is 7.19. The lowest BCUT2D eigenvalue weighted by molar-refractivity contribution is 0.0798. The summed E-state index contributed by atoms with van der Waals surface area (Å²) in [7, 11) is 0. The Hall–Kier alpha value is -2.76. The van der Waals surface area contributed by atoms with Gasteiger partial charge in [-0.1, -0.05) is 26.8 Å². The lowest BCUT2D eigenvalue weighted by Crippen LogP contribution is -2.30. The maximum Gasteiger partial charge on any atom is 0.203 e. The van der Waals surface area contributed by atoms with Gasteiger partial charge in [0.05, 0.1) is 0 Å². The molecule has 0 radical (unpaired) electrons. The summed E-state index contributed by atoms with van der Waals surface area (Å²) in [5.74, 6) is 2.78. The van der Waals surface area contributed by atoms with Crippen LogP contribution in [0.3, 0.4) is 0 Å². The topological polar surface area (TPSA) is 77.4 Å². The van der Waals surface area contributed by atoms with E-state index in [1.165, 1.54) is 0 Å². The molecule has 0 saturated carbocycles. The van der Waals surface area contributed by atoms with Crippen molar-refractivity contribution in [2.24, 2.45) is 0 Å². The number of fused-ring (bicyclic) bond motifs is 2. The number of aromatic hydroxyl groups is 2. The molecule has 28 heavy (non-hydrogen) atoms. The highest BCUT2D eigenvalue weighted by molar-refractivity contribution is 5.56. The van der Waals surface area contributed by atoms with Crippen molar-refractivity contribution < 1.29 is 29.2 Å². The molecule has 0 amide bonds. The first-order valence-corrected chi connectivity index (χ1v) is 9.71. The molecule has 0 saturated heterocycles. The van der Waals surface area contributed by atoms with E-state index in [1.807, 2.05) is 39.0 Å². The van der Waals surface area contributed by atoms with Crippen molar-refractivity contribution >= 4 is 0 Å². The predicted molar refractivity (Wildman–Crippen MR) is 104 cm³/mol. The first-order valence-electron chi connectivity index (χ1n) is 9.71. The molecule has 2 aromatic rings. The summed E-state index contributed by atoms with van der Waals surface area (Å²) < 4.78 is 23.1. The Morgan fingerprint density at radius 2 is 1.71 bits per heavy atom. The van der Waals surface area contributed by atoms with Crippen molar-refractivity contribution in [2.75, 3.05) is 19.8 Å². The molecule has 6 heteroatoms. The Labute approximate surface area is 164 Å². The number of benzene rings is 2. The van der Waals surface area contributed by atoms with Gasteiger partial charge < -0.3 is 29.2 Å². The highest BCUT2D eigenvalue weighted by atomic mass is 16.6. The third-order valence-electron chi connectivity index (χ3n) is 5.29. The molecule has 6 nitrogen and oxygen atoms in total. The molecule has 4 rings (SSSR count). The van der Waals surface area contributed by atoms with E-state index >= 15 is 0 Å². The van der Waals surface area contributed by atoms with Crippen LogP contribution in [-0.4, -0.2) is 36.1 Å². The smallest absolute Gasteiger partial charge is 0.203 e. The van der Waals surface area contributed by atoms with Gasteiger partial charge in [0.25, 0.3) is 0 Å². The van der Waals surface area contributed by atoms with Crippen LogP contribution in [0.4, 0.5) is 0 Å². The molecule has 0 aliphatic carbocycles. The van der Waals surface area contributed by atoms with Crippen molar-refractivity contribution in [1.82, 2.24) is 0 Å². The minimum atomic E-state index is -0.153. The summed E-state index contributed by atoms with van der Waals surface area (Å²) in [6.45, 7) is 7.40. The molecule has 0 aromatic heterocycles. The van der Waals surface area contributed by atoms with Crippen LogP contribution in [0.15, 0.2) is 24.3 Å². The van der Waals surface area contributed by atoms with Crippen LogP contribution in [-0.2, 0) is 0 Å². The zero-order valence-electron chi connectivity index (χ0n) is 16.4. The molecule has 2 heterocycles. The van der Waals surface area contributed by atoms with Crippen LogP contribution in [0, 0.1) is 0 Å². The monoisotopic (exact) mass is 386 g/mol. The van der Waals surface area contributed by atoms with E-state index in [2.05, 4.69) is 0 Å². The fourth-order valence-corrected chi connectivity index (χ4v) is 3.78. The molecular formula is C22H26O6. The fraction of sp³-hybridized carbons (Fsp3) is 0.455. The van der Waals surface area contributed by atoms with E-state index in [1.54, 1.807) is 6.07 Å². The van der Waals surface area contributed by atoms with E-state index in [0.717, 1.165) is 11.1 Å². The van der Waals surface area contributed by atoms with E-state index in [9.17, 15) is 10.2 Å². The van der Waals surface area contributed by atoms with Crippen molar-refractivity contribution in [3.63, 3.8) is 0 Å². The van der Waals surface area contributed by atoms with Gasteiger partial charge in [-0.15, -0.1) is 0 Å². The second-order valence-electron chi connectivity index (χ2n) is 7.73. The van der Waals surface area contributed by atoms with Crippen LogP contribution in [0.1, 0.15) is 50.2 Å². The molecule has 2 atom stereocenters. The number of ether oxygens (including phenoxy) is 4. The largest absolute Gasteiger partial charge is 0.508 e. The average Bonchev–Trinajstić information content (AvgIpc) is 2.68. The SMILES string of the molecule is CC(C)c1cc2c(cc1O)OCC(CC(C)c1ccc3c(c1O)OCCO3)O2. The van der Waals surface area contributed by atoms with Crippen LogP contribution in [0.2, 0.25) is 0 Å². The molecule has 2 aliphatic rings. The number of hydrogen-bond donors (Lipinski definition) is 2. The van der Waals surface area contributed by atoms with Crippen LogP contribution < -0.4 is 18.9 Å². The highest BCUT2D eigenvalue weighted by Crippen LogP contribution is 2.45. The molecule has 0 fully saturated rings. The summed E-state index contributed by atoms with van der Waals surface area (Å²) in [6.07, 6.45) is 0.518. The Morgan fingerprint density at radius 1 is 0.929 bits per heavy atom. The van der Waals surface area contributed by atoms with Gasteiger partial charge >= 0.3 is 0 Å². The second kappa shape index (κ2) is 7.34. The third kappa shape index (κ3) is 3.39. The maximum absolute atomic E-state index is 10.6. The van der Waals surface area contributed by atoms with E-state index in [-0.39, 0.29) is 29.4 Å². The van der Waals surface area contributed by atoms with Crippen molar-refractivity contribution in [3.05, 3.63) is 35.4 Å². The number of phenolic OH excluding ortho intramolecular Hbond substituents is 2. The van der Waals surface area contributed by atoms with Gasteiger partial charge in [-0.25, -0.2) is 0 Å². The van der Waals surface area contributed by atoms with Gasteiger partial charge in [-0.05, 0) is 30.4 Å². The molecule has 2 N–H and O–H groups in total. The Balaban J connectivity index is 1.51. The fourth-order valence-electron chi connectivity index (χ4n) is 3.78. The third-order valence-corrected chi connectivity index (χ3v) is 5.29. The number of hydrogen-bond acceptors (Lipinski definition) is 6. The molecule has 150 valence electrons. The lowest BCUT2D eigenvalue weighted by atomic mass is 9.93. The summed E-state index contributed by atoms with van der Waals surface area (Å²) >= 11 is 0. The van der Waals surface area contributed by atoms with Crippen LogP contribution in [0.5, 0.6) is 34.5 Å². The molecular weight excluding hydrogens is 360 g/mol. The van der Waals surface area contributed by atoms with E-state index in [4.69, 9.17) is 18.9 Å². The Bertz CT molecular complexity index is 876. The number of phenols is 2. The Morgan fingerprint density at radius 3 is 2.50 bits per heavy atom.